The third-order valence-electron chi connectivity index (χ3n) is 4.78. The summed E-state index contributed by atoms with van der Waals surface area (Å²) in [4.78, 5) is 0. The Labute approximate surface area is 157 Å². The molecule has 0 spiro atoms. The molecular weight excluding hydrogens is 395 g/mol. The van der Waals surface area contributed by atoms with Crippen molar-refractivity contribution in [2.75, 3.05) is 32.5 Å². The molecule has 0 aromatic heterocycles. The standard InChI is InChI=1S/C20H27N2.HI/c1-22(2)14-12-19(13-15-22)21-20-11-7-6-10-18(20)16-17-8-4-3-5-9-17;/h3-11,19,21H,12-16H2,1-2H3;1H/q+1;/p-1. The van der Waals surface area contributed by atoms with Gasteiger partial charge in [-0.2, -0.15) is 0 Å². The van der Waals surface area contributed by atoms with Crippen molar-refractivity contribution in [3.63, 3.8) is 0 Å². The molecule has 0 radical (unpaired) electrons. The van der Waals surface area contributed by atoms with Crippen molar-refractivity contribution in [1.82, 2.24) is 0 Å². The Morgan fingerprint density at radius 3 is 2.22 bits per heavy atom. The number of nitrogens with zero attached hydrogens (tertiary/aromatic N) is 1. The van der Waals surface area contributed by atoms with Crippen molar-refractivity contribution in [2.45, 2.75) is 25.3 Å². The number of nitrogens with one attached hydrogen (secondary N) is 1. The van der Waals surface area contributed by atoms with E-state index in [1.165, 1.54) is 42.7 Å². The van der Waals surface area contributed by atoms with E-state index in [9.17, 15) is 0 Å². The van der Waals surface area contributed by atoms with E-state index in [0.29, 0.717) is 6.04 Å². The van der Waals surface area contributed by atoms with Gasteiger partial charge in [0.25, 0.3) is 0 Å². The number of rotatable bonds is 4. The lowest BCUT2D eigenvalue weighted by Crippen LogP contribution is -3.00. The van der Waals surface area contributed by atoms with Crippen molar-refractivity contribution in [3.05, 3.63) is 65.7 Å². The van der Waals surface area contributed by atoms with Crippen LogP contribution in [0.3, 0.4) is 0 Å². The van der Waals surface area contributed by atoms with Crippen LogP contribution in [0.2, 0.25) is 0 Å². The second-order valence-electron chi connectivity index (χ2n) is 7.12. The van der Waals surface area contributed by atoms with E-state index in [2.05, 4.69) is 74.0 Å². The lowest BCUT2D eigenvalue weighted by atomic mass is 10.00. The van der Waals surface area contributed by atoms with Gasteiger partial charge in [-0.3, -0.25) is 0 Å². The van der Waals surface area contributed by atoms with Crippen molar-refractivity contribution in [1.29, 1.82) is 0 Å². The highest BCUT2D eigenvalue weighted by atomic mass is 127. The molecule has 23 heavy (non-hydrogen) atoms. The molecule has 0 aliphatic carbocycles. The summed E-state index contributed by atoms with van der Waals surface area (Å²) in [5, 5.41) is 3.80. The quantitative estimate of drug-likeness (QED) is 0.571. The van der Waals surface area contributed by atoms with Crippen molar-refractivity contribution >= 4 is 5.69 Å². The average molecular weight is 422 g/mol. The molecule has 1 saturated heterocycles. The third kappa shape index (κ3) is 5.21. The van der Waals surface area contributed by atoms with E-state index in [1.807, 2.05) is 0 Å². The third-order valence-corrected chi connectivity index (χ3v) is 4.78. The van der Waals surface area contributed by atoms with Crippen LogP contribution in [0.25, 0.3) is 0 Å². The Kier molecular flexibility index (Phi) is 6.48. The lowest BCUT2D eigenvalue weighted by molar-refractivity contribution is -0.895. The molecule has 3 rings (SSSR count). The van der Waals surface area contributed by atoms with E-state index in [1.54, 1.807) is 0 Å². The van der Waals surface area contributed by atoms with Crippen LogP contribution in [-0.4, -0.2) is 37.7 Å². The minimum atomic E-state index is 0. The van der Waals surface area contributed by atoms with E-state index in [-0.39, 0.29) is 24.0 Å². The van der Waals surface area contributed by atoms with Gasteiger partial charge in [0.15, 0.2) is 0 Å². The number of anilines is 1. The molecule has 0 bridgehead atoms. The van der Waals surface area contributed by atoms with Gasteiger partial charge in [0.05, 0.1) is 27.2 Å². The molecule has 3 heteroatoms. The van der Waals surface area contributed by atoms with Gasteiger partial charge >= 0.3 is 0 Å². The predicted octanol–water partition coefficient (Wildman–Crippen LogP) is 0.932. The van der Waals surface area contributed by atoms with Crippen LogP contribution in [0.5, 0.6) is 0 Å². The Balaban J connectivity index is 0.00000192. The maximum atomic E-state index is 3.80. The Morgan fingerprint density at radius 1 is 0.913 bits per heavy atom. The maximum absolute atomic E-state index is 3.80. The van der Waals surface area contributed by atoms with Gasteiger partial charge in [-0.25, -0.2) is 0 Å². The first-order valence-electron chi connectivity index (χ1n) is 8.33. The molecule has 1 heterocycles. The summed E-state index contributed by atoms with van der Waals surface area (Å²) in [7, 11) is 4.67. The number of quaternary nitrogens is 1. The van der Waals surface area contributed by atoms with Crippen molar-refractivity contribution < 1.29 is 28.5 Å². The lowest BCUT2D eigenvalue weighted by Gasteiger charge is -2.37. The van der Waals surface area contributed by atoms with Crippen molar-refractivity contribution in [2.24, 2.45) is 0 Å². The molecular formula is C20H27IN2. The minimum absolute atomic E-state index is 0. The van der Waals surface area contributed by atoms with Crippen LogP contribution in [0.15, 0.2) is 54.6 Å². The van der Waals surface area contributed by atoms with Gasteiger partial charge < -0.3 is 33.8 Å². The highest BCUT2D eigenvalue weighted by Gasteiger charge is 2.26. The average Bonchev–Trinajstić information content (AvgIpc) is 2.52. The zero-order valence-electron chi connectivity index (χ0n) is 14.1. The largest absolute Gasteiger partial charge is 1.00 e. The summed E-state index contributed by atoms with van der Waals surface area (Å²) < 4.78 is 1.16. The molecule has 2 aromatic carbocycles. The molecule has 1 aliphatic heterocycles. The van der Waals surface area contributed by atoms with Crippen LogP contribution in [0.4, 0.5) is 5.69 Å². The highest BCUT2D eigenvalue weighted by molar-refractivity contribution is 5.53. The fourth-order valence-electron chi connectivity index (χ4n) is 3.26. The molecule has 1 fully saturated rings. The first kappa shape index (κ1) is 18.3. The number of hydrogen-bond acceptors (Lipinski definition) is 1. The van der Waals surface area contributed by atoms with Gasteiger partial charge in [-0.05, 0) is 23.6 Å². The monoisotopic (exact) mass is 422 g/mol. The van der Waals surface area contributed by atoms with Crippen LogP contribution < -0.4 is 29.3 Å². The molecule has 124 valence electrons. The van der Waals surface area contributed by atoms with Gasteiger partial charge in [0.1, 0.15) is 0 Å². The van der Waals surface area contributed by atoms with Crippen LogP contribution in [0, 0.1) is 0 Å². The maximum Gasteiger partial charge on any atom is 0.0802 e. The number of para-hydroxylation sites is 1. The Bertz CT molecular complexity index is 600. The summed E-state index contributed by atoms with van der Waals surface area (Å²) >= 11 is 0. The highest BCUT2D eigenvalue weighted by Crippen LogP contribution is 2.23. The molecule has 0 amide bonds. The summed E-state index contributed by atoms with van der Waals surface area (Å²) in [5.74, 6) is 0. The number of halogens is 1. The summed E-state index contributed by atoms with van der Waals surface area (Å²) in [6.45, 7) is 2.52. The molecule has 0 unspecified atom stereocenters. The van der Waals surface area contributed by atoms with Gasteiger partial charge in [0.2, 0.25) is 0 Å². The number of hydrogen-bond donors (Lipinski definition) is 1. The van der Waals surface area contributed by atoms with E-state index in [0.717, 1.165) is 10.9 Å². The molecule has 1 N–H and O–H groups in total. The summed E-state index contributed by atoms with van der Waals surface area (Å²) in [5.41, 5.74) is 4.08. The molecule has 2 aromatic rings. The molecule has 1 aliphatic rings. The SMILES string of the molecule is C[N+]1(C)CCC(Nc2ccccc2Cc2ccccc2)CC1.[I-]. The zero-order chi connectivity index (χ0) is 15.4. The Morgan fingerprint density at radius 2 is 1.52 bits per heavy atom. The number of likely N-dealkylation sites (tertiary alicyclic amines) is 1. The predicted molar refractivity (Wildman–Crippen MR) is 94.2 cm³/mol. The second kappa shape index (κ2) is 8.15. The summed E-state index contributed by atoms with van der Waals surface area (Å²) in [6, 6.07) is 20.1. The Hall–Kier alpha value is -1.07. The van der Waals surface area contributed by atoms with E-state index < -0.39 is 0 Å². The van der Waals surface area contributed by atoms with Gasteiger partial charge in [0, 0.05) is 24.6 Å². The number of piperidine rings is 1. The topological polar surface area (TPSA) is 12.0 Å². The smallest absolute Gasteiger partial charge is 0.0802 e. The van der Waals surface area contributed by atoms with Crippen LogP contribution >= 0.6 is 0 Å². The van der Waals surface area contributed by atoms with E-state index in [4.69, 9.17) is 0 Å². The molecule has 2 nitrogen and oxygen atoms in total. The second-order valence-corrected chi connectivity index (χ2v) is 7.12. The fraction of sp³-hybridized carbons (Fsp3) is 0.400. The first-order valence-corrected chi connectivity index (χ1v) is 8.33. The van der Waals surface area contributed by atoms with E-state index >= 15 is 0 Å². The first-order chi connectivity index (χ1) is 10.6. The summed E-state index contributed by atoms with van der Waals surface area (Å²) in [6.07, 6.45) is 3.51. The van der Waals surface area contributed by atoms with Crippen LogP contribution in [-0.2, 0) is 6.42 Å². The normalized spacial score (nSPS) is 17.3. The van der Waals surface area contributed by atoms with Crippen molar-refractivity contribution in [3.8, 4) is 0 Å². The fourth-order valence-corrected chi connectivity index (χ4v) is 3.26. The zero-order valence-corrected chi connectivity index (χ0v) is 16.3. The molecule has 0 saturated carbocycles. The minimum Gasteiger partial charge on any atom is -1.00 e. The van der Waals surface area contributed by atoms with Gasteiger partial charge in [-0.15, -0.1) is 0 Å². The number of benzene rings is 2. The van der Waals surface area contributed by atoms with Crippen LogP contribution in [0.1, 0.15) is 24.0 Å². The van der Waals surface area contributed by atoms with Gasteiger partial charge in [-0.1, -0.05) is 48.5 Å². The molecule has 0 atom stereocenters.